The first-order valence-electron chi connectivity index (χ1n) is 7.71. The molecule has 1 N–H and O–H groups in total. The lowest BCUT2D eigenvalue weighted by atomic mass is 9.71. The van der Waals surface area contributed by atoms with Crippen molar-refractivity contribution in [2.75, 3.05) is 20.2 Å². The number of rotatable bonds is 4. The monoisotopic (exact) mass is 279 g/mol. The Morgan fingerprint density at radius 3 is 3.05 bits per heavy atom. The first-order chi connectivity index (χ1) is 9.69. The normalized spacial score (nSPS) is 31.2. The summed E-state index contributed by atoms with van der Waals surface area (Å²) in [5.74, 6) is 2.32. The van der Waals surface area contributed by atoms with E-state index in [-0.39, 0.29) is 5.60 Å². The highest BCUT2D eigenvalue weighted by Crippen LogP contribution is 2.40. The van der Waals surface area contributed by atoms with Crippen LogP contribution in [0.5, 0.6) is 0 Å². The Balaban J connectivity index is 1.58. The Labute approximate surface area is 120 Å². The predicted octanol–water partition coefficient (Wildman–Crippen LogP) is 2.55. The van der Waals surface area contributed by atoms with E-state index < -0.39 is 0 Å². The first kappa shape index (κ1) is 14.1. The van der Waals surface area contributed by atoms with Crippen molar-refractivity contribution in [1.29, 1.82) is 0 Å². The third kappa shape index (κ3) is 2.92. The molecule has 1 aromatic rings. The molecule has 0 radical (unpaired) electrons. The van der Waals surface area contributed by atoms with Crippen LogP contribution in [-0.2, 0) is 17.9 Å². The minimum Gasteiger partial charge on any atom is -0.462 e. The standard InChI is InChI=1S/C16H25NO3/c1-19-12-15-6-5-14(20-15)11-17-9-8-16(18)7-3-2-4-13(16)10-17/h5-6,13,18H,2-4,7-12H2,1H3/t13-,16+/m0/s1. The number of hydrogen-bond donors (Lipinski definition) is 1. The molecule has 2 fully saturated rings. The number of likely N-dealkylation sites (tertiary alicyclic amines) is 1. The molecule has 0 aromatic carbocycles. The Kier molecular flexibility index (Phi) is 4.15. The van der Waals surface area contributed by atoms with Gasteiger partial charge < -0.3 is 14.3 Å². The molecule has 1 saturated heterocycles. The van der Waals surface area contributed by atoms with E-state index in [4.69, 9.17) is 9.15 Å². The van der Waals surface area contributed by atoms with Gasteiger partial charge in [0.2, 0.25) is 0 Å². The summed E-state index contributed by atoms with van der Waals surface area (Å²) in [6.07, 6.45) is 5.51. The van der Waals surface area contributed by atoms with E-state index in [2.05, 4.69) is 4.90 Å². The van der Waals surface area contributed by atoms with E-state index in [0.29, 0.717) is 12.5 Å². The number of piperidine rings is 1. The van der Waals surface area contributed by atoms with Crippen molar-refractivity contribution in [3.63, 3.8) is 0 Å². The van der Waals surface area contributed by atoms with E-state index in [1.807, 2.05) is 12.1 Å². The van der Waals surface area contributed by atoms with Crippen LogP contribution >= 0.6 is 0 Å². The summed E-state index contributed by atoms with van der Waals surface area (Å²) in [5.41, 5.74) is -0.390. The maximum Gasteiger partial charge on any atom is 0.129 e. The van der Waals surface area contributed by atoms with Gasteiger partial charge in [-0.15, -0.1) is 0 Å². The van der Waals surface area contributed by atoms with Gasteiger partial charge in [-0.25, -0.2) is 0 Å². The molecule has 1 saturated carbocycles. The lowest BCUT2D eigenvalue weighted by Gasteiger charge is -2.47. The van der Waals surface area contributed by atoms with E-state index in [0.717, 1.165) is 44.0 Å². The van der Waals surface area contributed by atoms with Crippen molar-refractivity contribution < 1.29 is 14.3 Å². The van der Waals surface area contributed by atoms with Crippen LogP contribution in [0.2, 0.25) is 0 Å². The van der Waals surface area contributed by atoms with Crippen LogP contribution in [-0.4, -0.2) is 35.8 Å². The molecule has 20 heavy (non-hydrogen) atoms. The lowest BCUT2D eigenvalue weighted by Crippen LogP contribution is -2.52. The van der Waals surface area contributed by atoms with Crippen LogP contribution in [0.1, 0.15) is 43.6 Å². The van der Waals surface area contributed by atoms with E-state index >= 15 is 0 Å². The number of fused-ring (bicyclic) bond motifs is 1. The summed E-state index contributed by atoms with van der Waals surface area (Å²) in [6.45, 7) is 3.34. The summed E-state index contributed by atoms with van der Waals surface area (Å²) in [6, 6.07) is 4.02. The summed E-state index contributed by atoms with van der Waals surface area (Å²) < 4.78 is 10.8. The maximum atomic E-state index is 10.7. The Morgan fingerprint density at radius 1 is 1.35 bits per heavy atom. The molecule has 0 spiro atoms. The highest BCUT2D eigenvalue weighted by atomic mass is 16.5. The van der Waals surface area contributed by atoms with Crippen molar-refractivity contribution in [3.8, 4) is 0 Å². The van der Waals surface area contributed by atoms with Crippen molar-refractivity contribution >= 4 is 0 Å². The topological polar surface area (TPSA) is 45.8 Å². The minimum atomic E-state index is -0.390. The van der Waals surface area contributed by atoms with Crippen LogP contribution in [0, 0.1) is 5.92 Å². The molecule has 2 aliphatic rings. The van der Waals surface area contributed by atoms with Gasteiger partial charge in [0.25, 0.3) is 0 Å². The third-order valence-electron chi connectivity index (χ3n) is 4.90. The highest BCUT2D eigenvalue weighted by Gasteiger charge is 2.42. The van der Waals surface area contributed by atoms with Gasteiger partial charge in [0.05, 0.1) is 12.1 Å². The SMILES string of the molecule is COCc1ccc(CN2CC[C@]3(O)CCCC[C@H]3C2)o1. The Hall–Kier alpha value is -0.840. The zero-order chi connectivity index (χ0) is 14.0. The number of ether oxygens (including phenoxy) is 1. The van der Waals surface area contributed by atoms with E-state index in [1.165, 1.54) is 19.3 Å². The molecule has 4 heteroatoms. The van der Waals surface area contributed by atoms with Gasteiger partial charge in [0.1, 0.15) is 18.1 Å². The number of furan rings is 1. The highest BCUT2D eigenvalue weighted by molar-refractivity contribution is 5.07. The molecule has 0 unspecified atom stereocenters. The zero-order valence-electron chi connectivity index (χ0n) is 12.3. The minimum absolute atomic E-state index is 0.390. The summed E-state index contributed by atoms with van der Waals surface area (Å²) >= 11 is 0. The average molecular weight is 279 g/mol. The summed E-state index contributed by atoms with van der Waals surface area (Å²) in [5, 5.41) is 10.7. The lowest BCUT2D eigenvalue weighted by molar-refractivity contribution is -0.0976. The molecule has 1 aliphatic heterocycles. The van der Waals surface area contributed by atoms with Gasteiger partial charge in [0.15, 0.2) is 0 Å². The molecule has 112 valence electrons. The predicted molar refractivity (Wildman–Crippen MR) is 76.2 cm³/mol. The molecular weight excluding hydrogens is 254 g/mol. The van der Waals surface area contributed by atoms with Crippen LogP contribution in [0.25, 0.3) is 0 Å². The number of aliphatic hydroxyl groups is 1. The smallest absolute Gasteiger partial charge is 0.129 e. The molecule has 0 bridgehead atoms. The van der Waals surface area contributed by atoms with Gasteiger partial charge >= 0.3 is 0 Å². The molecule has 0 amide bonds. The van der Waals surface area contributed by atoms with Crippen molar-refractivity contribution in [3.05, 3.63) is 23.7 Å². The van der Waals surface area contributed by atoms with Crippen molar-refractivity contribution in [1.82, 2.24) is 4.90 Å². The van der Waals surface area contributed by atoms with Crippen LogP contribution < -0.4 is 0 Å². The van der Waals surface area contributed by atoms with E-state index in [9.17, 15) is 5.11 Å². The van der Waals surface area contributed by atoms with Crippen LogP contribution in [0.15, 0.2) is 16.5 Å². The van der Waals surface area contributed by atoms with Crippen LogP contribution in [0.3, 0.4) is 0 Å². The molecule has 3 rings (SSSR count). The fraction of sp³-hybridized carbons (Fsp3) is 0.750. The zero-order valence-corrected chi connectivity index (χ0v) is 12.3. The largest absolute Gasteiger partial charge is 0.462 e. The number of nitrogens with zero attached hydrogens (tertiary/aromatic N) is 1. The molecular formula is C16H25NO3. The van der Waals surface area contributed by atoms with Gasteiger partial charge in [-0.05, 0) is 31.4 Å². The maximum absolute atomic E-state index is 10.7. The van der Waals surface area contributed by atoms with Crippen molar-refractivity contribution in [2.24, 2.45) is 5.92 Å². The molecule has 1 aliphatic carbocycles. The Morgan fingerprint density at radius 2 is 2.20 bits per heavy atom. The molecule has 4 nitrogen and oxygen atoms in total. The third-order valence-corrected chi connectivity index (χ3v) is 4.90. The molecule has 2 atom stereocenters. The Bertz CT molecular complexity index is 445. The van der Waals surface area contributed by atoms with Gasteiger partial charge in [-0.3, -0.25) is 4.90 Å². The summed E-state index contributed by atoms with van der Waals surface area (Å²) in [7, 11) is 1.68. The first-order valence-corrected chi connectivity index (χ1v) is 7.71. The second kappa shape index (κ2) is 5.88. The molecule has 2 heterocycles. The number of hydrogen-bond acceptors (Lipinski definition) is 4. The quantitative estimate of drug-likeness (QED) is 0.920. The second-order valence-electron chi connectivity index (χ2n) is 6.33. The second-order valence-corrected chi connectivity index (χ2v) is 6.33. The molecule has 1 aromatic heterocycles. The van der Waals surface area contributed by atoms with Crippen LogP contribution in [0.4, 0.5) is 0 Å². The average Bonchev–Trinajstić information content (AvgIpc) is 2.87. The van der Waals surface area contributed by atoms with Crippen molar-refractivity contribution in [2.45, 2.75) is 50.9 Å². The fourth-order valence-corrected chi connectivity index (χ4v) is 3.73. The van der Waals surface area contributed by atoms with Gasteiger partial charge in [0, 0.05) is 26.1 Å². The van der Waals surface area contributed by atoms with Gasteiger partial charge in [-0.1, -0.05) is 12.8 Å². The number of methoxy groups -OCH3 is 1. The fourth-order valence-electron chi connectivity index (χ4n) is 3.73. The van der Waals surface area contributed by atoms with Gasteiger partial charge in [-0.2, -0.15) is 0 Å². The van der Waals surface area contributed by atoms with E-state index in [1.54, 1.807) is 7.11 Å². The summed E-state index contributed by atoms with van der Waals surface area (Å²) in [4.78, 5) is 2.42.